The molecule has 3 nitrogen and oxygen atoms in total. The van der Waals surface area contributed by atoms with E-state index in [1.165, 1.54) is 16.8 Å². The first-order valence-corrected chi connectivity index (χ1v) is 7.78. The number of benzene rings is 2. The molecule has 2 aromatic rings. The summed E-state index contributed by atoms with van der Waals surface area (Å²) in [6.07, 6.45) is 0. The largest absolute Gasteiger partial charge is 0.369 e. The van der Waals surface area contributed by atoms with Gasteiger partial charge >= 0.3 is 0 Å². The number of hydrogen-bond acceptors (Lipinski definition) is 3. The average molecular weight is 291 g/mol. The molecule has 0 saturated carbocycles. The molecule has 112 valence electrons. The van der Waals surface area contributed by atoms with E-state index in [2.05, 4.69) is 59.2 Å². The maximum Gasteiger partial charge on any atom is 0.0991 e. The van der Waals surface area contributed by atoms with Gasteiger partial charge in [-0.05, 0) is 42.3 Å². The van der Waals surface area contributed by atoms with Gasteiger partial charge in [0.15, 0.2) is 0 Å². The summed E-state index contributed by atoms with van der Waals surface area (Å²) in [6, 6.07) is 18.7. The van der Waals surface area contributed by atoms with Gasteiger partial charge < -0.3 is 4.90 Å². The smallest absolute Gasteiger partial charge is 0.0991 e. The van der Waals surface area contributed by atoms with Gasteiger partial charge in [0.25, 0.3) is 0 Å². The van der Waals surface area contributed by atoms with Gasteiger partial charge in [-0.25, -0.2) is 0 Å². The molecule has 1 saturated heterocycles. The van der Waals surface area contributed by atoms with E-state index in [1.54, 1.807) is 0 Å². The minimum absolute atomic E-state index is 0.724. The van der Waals surface area contributed by atoms with E-state index in [0.717, 1.165) is 38.3 Å². The number of nitrogens with zero attached hydrogens (tertiary/aromatic N) is 3. The Hall–Kier alpha value is -2.31. The molecule has 2 aromatic carbocycles. The van der Waals surface area contributed by atoms with Crippen LogP contribution in [0.3, 0.4) is 0 Å². The van der Waals surface area contributed by atoms with Crippen molar-refractivity contribution in [1.29, 1.82) is 5.26 Å². The normalized spacial score (nSPS) is 15.5. The third-order valence-electron chi connectivity index (χ3n) is 4.39. The van der Waals surface area contributed by atoms with Crippen molar-refractivity contribution < 1.29 is 0 Å². The third kappa shape index (κ3) is 3.29. The number of rotatable bonds is 3. The van der Waals surface area contributed by atoms with Crippen LogP contribution in [-0.4, -0.2) is 31.1 Å². The molecule has 0 aliphatic carbocycles. The van der Waals surface area contributed by atoms with Crippen LogP contribution in [0, 0.1) is 18.3 Å². The Labute approximate surface area is 132 Å². The minimum Gasteiger partial charge on any atom is -0.369 e. The fourth-order valence-corrected chi connectivity index (χ4v) is 2.94. The highest BCUT2D eigenvalue weighted by Gasteiger charge is 2.17. The van der Waals surface area contributed by atoms with Gasteiger partial charge in [-0.15, -0.1) is 0 Å². The van der Waals surface area contributed by atoms with E-state index < -0.39 is 0 Å². The van der Waals surface area contributed by atoms with Crippen LogP contribution < -0.4 is 4.90 Å². The zero-order valence-electron chi connectivity index (χ0n) is 13.0. The van der Waals surface area contributed by atoms with Crippen molar-refractivity contribution in [2.24, 2.45) is 0 Å². The lowest BCUT2D eigenvalue weighted by Gasteiger charge is -2.36. The first kappa shape index (κ1) is 14.6. The molecule has 0 unspecified atom stereocenters. The summed E-state index contributed by atoms with van der Waals surface area (Å²) in [5.41, 5.74) is 4.74. The fourth-order valence-electron chi connectivity index (χ4n) is 2.94. The summed E-state index contributed by atoms with van der Waals surface area (Å²) < 4.78 is 0. The number of anilines is 1. The Balaban J connectivity index is 1.58. The van der Waals surface area contributed by atoms with Crippen LogP contribution in [0.4, 0.5) is 5.69 Å². The molecule has 0 bridgehead atoms. The maximum absolute atomic E-state index is 8.87. The van der Waals surface area contributed by atoms with Crippen molar-refractivity contribution in [1.82, 2.24) is 4.90 Å². The molecule has 0 atom stereocenters. The molecule has 0 radical (unpaired) electrons. The second kappa shape index (κ2) is 6.64. The second-order valence-electron chi connectivity index (χ2n) is 5.85. The molecule has 1 fully saturated rings. The zero-order chi connectivity index (χ0) is 15.4. The number of hydrogen-bond donors (Lipinski definition) is 0. The topological polar surface area (TPSA) is 30.3 Å². The molecule has 1 heterocycles. The van der Waals surface area contributed by atoms with Crippen molar-refractivity contribution in [3.05, 3.63) is 65.2 Å². The summed E-state index contributed by atoms with van der Waals surface area (Å²) in [4.78, 5) is 4.91. The van der Waals surface area contributed by atoms with Crippen LogP contribution in [0.2, 0.25) is 0 Å². The zero-order valence-corrected chi connectivity index (χ0v) is 13.0. The highest BCUT2D eigenvalue weighted by Crippen LogP contribution is 2.18. The summed E-state index contributed by atoms with van der Waals surface area (Å²) in [5, 5.41) is 8.87. The van der Waals surface area contributed by atoms with Gasteiger partial charge in [-0.3, -0.25) is 4.90 Å². The highest BCUT2D eigenvalue weighted by molar-refractivity contribution is 5.50. The Bertz CT molecular complexity index is 662. The van der Waals surface area contributed by atoms with Crippen molar-refractivity contribution in [3.8, 4) is 6.07 Å². The molecule has 0 amide bonds. The van der Waals surface area contributed by atoms with Gasteiger partial charge in [-0.2, -0.15) is 5.26 Å². The first-order valence-electron chi connectivity index (χ1n) is 7.78. The lowest BCUT2D eigenvalue weighted by molar-refractivity contribution is 0.249. The molecule has 1 aliphatic rings. The van der Waals surface area contributed by atoms with Crippen LogP contribution in [0.25, 0.3) is 0 Å². The Morgan fingerprint density at radius 3 is 2.27 bits per heavy atom. The van der Waals surface area contributed by atoms with E-state index in [4.69, 9.17) is 5.26 Å². The predicted molar refractivity (Wildman–Crippen MR) is 89.8 cm³/mol. The molecular formula is C19H21N3. The average Bonchev–Trinajstić information content (AvgIpc) is 2.58. The number of aryl methyl sites for hydroxylation is 1. The molecule has 3 heteroatoms. The van der Waals surface area contributed by atoms with E-state index in [1.807, 2.05) is 12.1 Å². The summed E-state index contributed by atoms with van der Waals surface area (Å²) in [6.45, 7) is 7.45. The molecule has 22 heavy (non-hydrogen) atoms. The van der Waals surface area contributed by atoms with Crippen molar-refractivity contribution in [2.75, 3.05) is 31.1 Å². The van der Waals surface area contributed by atoms with Crippen LogP contribution in [0.15, 0.2) is 48.5 Å². The molecular weight excluding hydrogens is 270 g/mol. The van der Waals surface area contributed by atoms with E-state index in [9.17, 15) is 0 Å². The first-order chi connectivity index (χ1) is 10.8. The van der Waals surface area contributed by atoms with Gasteiger partial charge in [0, 0.05) is 38.4 Å². The van der Waals surface area contributed by atoms with E-state index in [-0.39, 0.29) is 0 Å². The van der Waals surface area contributed by atoms with E-state index >= 15 is 0 Å². The second-order valence-corrected chi connectivity index (χ2v) is 5.85. The summed E-state index contributed by atoms with van der Waals surface area (Å²) in [5.74, 6) is 0. The lowest BCUT2D eigenvalue weighted by Crippen LogP contribution is -2.46. The Kier molecular flexibility index (Phi) is 4.41. The van der Waals surface area contributed by atoms with Crippen molar-refractivity contribution in [3.63, 3.8) is 0 Å². The molecule has 0 spiro atoms. The predicted octanol–water partition coefficient (Wildman–Crippen LogP) is 3.19. The maximum atomic E-state index is 8.87. The van der Waals surface area contributed by atoms with Gasteiger partial charge in [-0.1, -0.05) is 24.3 Å². The standard InChI is InChI=1S/C19H21N3/c1-16-4-2-3-5-18(16)15-21-10-12-22(13-11-21)19-8-6-17(14-20)7-9-19/h2-9H,10-13,15H2,1H3. The van der Waals surface area contributed by atoms with Crippen LogP contribution in [0.5, 0.6) is 0 Å². The molecule has 0 aromatic heterocycles. The fraction of sp³-hybridized carbons (Fsp3) is 0.316. The molecule has 3 rings (SSSR count). The minimum atomic E-state index is 0.724. The molecule has 1 aliphatic heterocycles. The number of piperazine rings is 1. The Morgan fingerprint density at radius 1 is 0.955 bits per heavy atom. The lowest BCUT2D eigenvalue weighted by atomic mass is 10.1. The highest BCUT2D eigenvalue weighted by atomic mass is 15.3. The van der Waals surface area contributed by atoms with Gasteiger partial charge in [0.1, 0.15) is 0 Å². The number of nitriles is 1. The SMILES string of the molecule is Cc1ccccc1CN1CCN(c2ccc(C#N)cc2)CC1. The summed E-state index contributed by atoms with van der Waals surface area (Å²) >= 11 is 0. The van der Waals surface area contributed by atoms with E-state index in [0.29, 0.717) is 0 Å². The van der Waals surface area contributed by atoms with Crippen LogP contribution in [0.1, 0.15) is 16.7 Å². The Morgan fingerprint density at radius 2 is 1.64 bits per heavy atom. The van der Waals surface area contributed by atoms with Crippen molar-refractivity contribution >= 4 is 5.69 Å². The van der Waals surface area contributed by atoms with Crippen LogP contribution >= 0.6 is 0 Å². The third-order valence-corrected chi connectivity index (χ3v) is 4.39. The molecule has 0 N–H and O–H groups in total. The van der Waals surface area contributed by atoms with Gasteiger partial charge in [0.2, 0.25) is 0 Å². The quantitative estimate of drug-likeness (QED) is 0.870. The van der Waals surface area contributed by atoms with Crippen molar-refractivity contribution in [2.45, 2.75) is 13.5 Å². The van der Waals surface area contributed by atoms with Gasteiger partial charge in [0.05, 0.1) is 11.6 Å². The monoisotopic (exact) mass is 291 g/mol. The summed E-state index contributed by atoms with van der Waals surface area (Å²) in [7, 11) is 0. The van der Waals surface area contributed by atoms with Crippen LogP contribution in [-0.2, 0) is 6.54 Å².